The highest BCUT2D eigenvalue weighted by atomic mass is 19.4. The van der Waals surface area contributed by atoms with Crippen LogP contribution in [0.25, 0.3) is 0 Å². The second-order valence-electron chi connectivity index (χ2n) is 6.82. The molecule has 1 atom stereocenters. The van der Waals surface area contributed by atoms with Gasteiger partial charge in [-0.05, 0) is 37.5 Å². The summed E-state index contributed by atoms with van der Waals surface area (Å²) in [6.45, 7) is 1.89. The maximum absolute atomic E-state index is 12.6. The maximum Gasteiger partial charge on any atom is 0.573 e. The number of hydrogen-bond donors (Lipinski definition) is 0. The van der Waals surface area contributed by atoms with Gasteiger partial charge < -0.3 is 9.26 Å². The van der Waals surface area contributed by atoms with Gasteiger partial charge in [0.05, 0.1) is 17.0 Å². The molecule has 0 amide bonds. The molecule has 2 aromatic heterocycles. The molecule has 146 valence electrons. The number of rotatable bonds is 5. The maximum atomic E-state index is 12.6. The van der Waals surface area contributed by atoms with Gasteiger partial charge in [0.25, 0.3) is 0 Å². The normalized spacial score (nSPS) is 17.0. The molecule has 0 aliphatic heterocycles. The number of aromatic nitrogens is 4. The largest absolute Gasteiger partial charge is 0.573 e. The van der Waals surface area contributed by atoms with E-state index in [1.165, 1.54) is 18.2 Å². The summed E-state index contributed by atoms with van der Waals surface area (Å²) in [6.07, 6.45) is 2.41. The average Bonchev–Trinajstić information content (AvgIpc) is 3.10. The molecule has 0 bridgehead atoms. The Morgan fingerprint density at radius 1 is 1.21 bits per heavy atom. The number of alkyl halides is 3. The first-order valence-electron chi connectivity index (χ1n) is 8.84. The Bertz CT molecular complexity index is 955. The molecule has 3 aromatic rings. The summed E-state index contributed by atoms with van der Waals surface area (Å²) in [6, 6.07) is 5.97. The zero-order valence-corrected chi connectivity index (χ0v) is 15.0. The molecule has 0 spiro atoms. The highest BCUT2D eigenvalue weighted by Crippen LogP contribution is 2.49. The smallest absolute Gasteiger partial charge is 0.406 e. The Balaban J connectivity index is 1.64. The van der Waals surface area contributed by atoms with E-state index in [1.54, 1.807) is 24.7 Å². The molecule has 0 unspecified atom stereocenters. The van der Waals surface area contributed by atoms with E-state index in [0.717, 1.165) is 6.42 Å². The summed E-state index contributed by atoms with van der Waals surface area (Å²) in [7, 11) is 0. The first-order chi connectivity index (χ1) is 13.4. The van der Waals surface area contributed by atoms with Crippen LogP contribution in [-0.4, -0.2) is 26.5 Å². The van der Waals surface area contributed by atoms with Gasteiger partial charge in [-0.3, -0.25) is 9.97 Å². The van der Waals surface area contributed by atoms with E-state index in [0.29, 0.717) is 35.8 Å². The molecule has 28 heavy (non-hydrogen) atoms. The summed E-state index contributed by atoms with van der Waals surface area (Å²) in [4.78, 5) is 12.9. The molecule has 4 rings (SSSR count). The van der Waals surface area contributed by atoms with E-state index in [2.05, 4.69) is 24.8 Å². The van der Waals surface area contributed by atoms with Crippen molar-refractivity contribution < 1.29 is 22.4 Å². The van der Waals surface area contributed by atoms with Crippen LogP contribution in [0.5, 0.6) is 5.75 Å². The third kappa shape index (κ3) is 3.44. The van der Waals surface area contributed by atoms with Crippen molar-refractivity contribution in [2.45, 2.75) is 43.9 Å². The van der Waals surface area contributed by atoms with Gasteiger partial charge in [-0.15, -0.1) is 13.2 Å². The van der Waals surface area contributed by atoms with Gasteiger partial charge in [0, 0.05) is 18.6 Å². The van der Waals surface area contributed by atoms with Crippen LogP contribution in [0.3, 0.4) is 0 Å². The lowest BCUT2D eigenvalue weighted by atomic mass is 9.64. The van der Waals surface area contributed by atoms with Crippen molar-refractivity contribution in [2.24, 2.45) is 0 Å². The molecule has 1 fully saturated rings. The molecule has 2 heterocycles. The van der Waals surface area contributed by atoms with Crippen molar-refractivity contribution in [1.29, 1.82) is 0 Å². The van der Waals surface area contributed by atoms with E-state index >= 15 is 0 Å². The number of ether oxygens (including phenoxy) is 1. The number of nitrogens with zero attached hydrogens (tertiary/aromatic N) is 4. The lowest BCUT2D eigenvalue weighted by molar-refractivity contribution is -0.274. The van der Waals surface area contributed by atoms with E-state index < -0.39 is 11.8 Å². The van der Waals surface area contributed by atoms with Crippen LogP contribution in [-0.2, 0) is 5.41 Å². The van der Waals surface area contributed by atoms with Crippen LogP contribution in [0.4, 0.5) is 13.2 Å². The molecule has 6 nitrogen and oxygen atoms in total. The fraction of sp³-hybridized carbons (Fsp3) is 0.368. The Hall–Kier alpha value is -2.97. The van der Waals surface area contributed by atoms with Crippen molar-refractivity contribution in [3.05, 3.63) is 65.8 Å². The van der Waals surface area contributed by atoms with E-state index in [1.807, 2.05) is 6.92 Å². The predicted molar refractivity (Wildman–Crippen MR) is 91.6 cm³/mol. The van der Waals surface area contributed by atoms with Crippen LogP contribution in [0.1, 0.15) is 55.1 Å². The standard InChI is InChI=1S/C19H17F3N4O2/c1-12(15-11-23-8-9-24-15)16-25-17(28-26-16)18(6-3-7-18)13-4-2-5-14(10-13)27-19(20,21)22/h2,4-5,8-12H,3,6-7H2,1H3/t12-/m1/s1. The topological polar surface area (TPSA) is 73.9 Å². The summed E-state index contributed by atoms with van der Waals surface area (Å²) in [5.41, 5.74) is 0.777. The van der Waals surface area contributed by atoms with Crippen molar-refractivity contribution in [3.63, 3.8) is 0 Å². The van der Waals surface area contributed by atoms with E-state index in [-0.39, 0.29) is 11.7 Å². The van der Waals surface area contributed by atoms with Crippen molar-refractivity contribution in [3.8, 4) is 5.75 Å². The minimum absolute atomic E-state index is 0.219. The number of benzene rings is 1. The molecule has 1 aromatic carbocycles. The highest BCUT2D eigenvalue weighted by Gasteiger charge is 2.46. The van der Waals surface area contributed by atoms with Crippen molar-refractivity contribution >= 4 is 0 Å². The van der Waals surface area contributed by atoms with E-state index in [4.69, 9.17) is 4.52 Å². The fourth-order valence-electron chi connectivity index (χ4n) is 3.42. The van der Waals surface area contributed by atoms with Crippen molar-refractivity contribution in [1.82, 2.24) is 20.1 Å². The van der Waals surface area contributed by atoms with Gasteiger partial charge in [0.1, 0.15) is 5.75 Å². The van der Waals surface area contributed by atoms with Gasteiger partial charge in [-0.2, -0.15) is 4.98 Å². The Morgan fingerprint density at radius 3 is 2.68 bits per heavy atom. The van der Waals surface area contributed by atoms with Crippen LogP contribution >= 0.6 is 0 Å². The van der Waals surface area contributed by atoms with Crippen LogP contribution < -0.4 is 4.74 Å². The summed E-state index contributed by atoms with van der Waals surface area (Å²) in [5.74, 6) is 0.380. The molecule has 1 saturated carbocycles. The zero-order chi connectivity index (χ0) is 19.8. The quantitative estimate of drug-likeness (QED) is 0.644. The zero-order valence-electron chi connectivity index (χ0n) is 15.0. The Morgan fingerprint density at radius 2 is 2.04 bits per heavy atom. The minimum Gasteiger partial charge on any atom is -0.406 e. The first kappa shape index (κ1) is 18.4. The molecular weight excluding hydrogens is 373 g/mol. The predicted octanol–water partition coefficient (Wildman–Crippen LogP) is 4.38. The molecule has 0 N–H and O–H groups in total. The molecule has 0 radical (unpaired) electrons. The van der Waals surface area contributed by atoms with Gasteiger partial charge in [0.15, 0.2) is 5.82 Å². The summed E-state index contributed by atoms with van der Waals surface area (Å²) >= 11 is 0. The Labute approximate surface area is 158 Å². The molecule has 1 aliphatic rings. The molecule has 0 saturated heterocycles. The van der Waals surface area contributed by atoms with Crippen LogP contribution in [0, 0.1) is 0 Å². The van der Waals surface area contributed by atoms with Crippen LogP contribution in [0.2, 0.25) is 0 Å². The second kappa shape index (κ2) is 6.88. The van der Waals surface area contributed by atoms with Gasteiger partial charge in [0.2, 0.25) is 5.89 Å². The lowest BCUT2D eigenvalue weighted by Crippen LogP contribution is -2.36. The fourth-order valence-corrected chi connectivity index (χ4v) is 3.42. The van der Waals surface area contributed by atoms with Gasteiger partial charge >= 0.3 is 6.36 Å². The molecular formula is C19H17F3N4O2. The lowest BCUT2D eigenvalue weighted by Gasteiger charge is -2.39. The minimum atomic E-state index is -4.74. The van der Waals surface area contributed by atoms with Crippen LogP contribution in [0.15, 0.2) is 47.4 Å². The molecule has 9 heteroatoms. The third-order valence-corrected chi connectivity index (χ3v) is 5.09. The SMILES string of the molecule is C[C@H](c1cnccn1)c1noc(C2(c3cccc(OC(F)(F)F)c3)CCC2)n1. The van der Waals surface area contributed by atoms with Gasteiger partial charge in [-0.1, -0.05) is 23.7 Å². The second-order valence-corrected chi connectivity index (χ2v) is 6.82. The summed E-state index contributed by atoms with van der Waals surface area (Å²) in [5, 5.41) is 4.08. The number of halogens is 3. The van der Waals surface area contributed by atoms with Gasteiger partial charge in [-0.25, -0.2) is 0 Å². The highest BCUT2D eigenvalue weighted by molar-refractivity contribution is 5.40. The Kier molecular flexibility index (Phi) is 4.52. The average molecular weight is 390 g/mol. The molecule has 1 aliphatic carbocycles. The van der Waals surface area contributed by atoms with E-state index in [9.17, 15) is 13.2 Å². The van der Waals surface area contributed by atoms with Crippen molar-refractivity contribution in [2.75, 3.05) is 0 Å². The summed E-state index contributed by atoms with van der Waals surface area (Å²) < 4.78 is 47.3. The first-order valence-corrected chi connectivity index (χ1v) is 8.84. The number of hydrogen-bond acceptors (Lipinski definition) is 6. The third-order valence-electron chi connectivity index (χ3n) is 5.09. The monoisotopic (exact) mass is 390 g/mol.